The maximum absolute atomic E-state index is 15.5. The van der Waals surface area contributed by atoms with Crippen LogP contribution in [0.1, 0.15) is 88.3 Å². The molecule has 9 rings (SSSR count). The molecule has 0 radical (unpaired) electrons. The van der Waals surface area contributed by atoms with Crippen LogP contribution in [0, 0.1) is 27.9 Å². The smallest absolute Gasteiger partial charge is 0.269 e. The predicted molar refractivity (Wildman–Crippen MR) is 294 cm³/mol. The topological polar surface area (TPSA) is 153 Å². The van der Waals surface area contributed by atoms with E-state index in [1.165, 1.54) is 18.2 Å². The second-order valence-corrected chi connectivity index (χ2v) is 20.8. The van der Waals surface area contributed by atoms with Gasteiger partial charge in [-0.2, -0.15) is 0 Å². The molecule has 6 unspecified atom stereocenters. The number of benzene rings is 6. The van der Waals surface area contributed by atoms with Crippen LogP contribution in [0.3, 0.4) is 0 Å². The molecule has 2 aliphatic carbocycles. The number of fused-ring (bicyclic) bond motifs is 3. The number of non-ortho nitro benzene ring substituents is 1. The molecule has 1 saturated carbocycles. The summed E-state index contributed by atoms with van der Waals surface area (Å²) in [5.41, 5.74) is 5.54. The first-order valence-corrected chi connectivity index (χ1v) is 26.2. The van der Waals surface area contributed by atoms with E-state index in [0.29, 0.717) is 41.4 Å². The molecule has 12 nitrogen and oxygen atoms in total. The van der Waals surface area contributed by atoms with Crippen molar-refractivity contribution in [2.75, 3.05) is 19.8 Å². The van der Waals surface area contributed by atoms with E-state index in [9.17, 15) is 20.3 Å². The number of unbranched alkanes of at least 4 members (excludes halogenated alkanes) is 2. The van der Waals surface area contributed by atoms with Gasteiger partial charge < -0.3 is 34.2 Å². The average Bonchev–Trinajstić information content (AvgIpc) is 3.45. The van der Waals surface area contributed by atoms with Crippen LogP contribution in [-0.4, -0.2) is 68.9 Å². The van der Waals surface area contributed by atoms with Crippen molar-refractivity contribution in [3.63, 3.8) is 0 Å². The van der Waals surface area contributed by atoms with E-state index >= 15 is 4.79 Å². The highest BCUT2D eigenvalue weighted by atomic mass is 16.7. The summed E-state index contributed by atoms with van der Waals surface area (Å²) in [7, 11) is 0. The van der Waals surface area contributed by atoms with Crippen molar-refractivity contribution in [3.05, 3.63) is 197 Å². The number of ether oxygens (including phenoxy) is 3. The first kappa shape index (κ1) is 52.5. The highest BCUT2D eigenvalue weighted by Gasteiger charge is 2.65. The Bertz CT molecular complexity index is 3050. The number of aliphatic hydroxyl groups excluding tert-OH is 2. The van der Waals surface area contributed by atoms with Crippen molar-refractivity contribution in [2.24, 2.45) is 22.9 Å². The Morgan fingerprint density at radius 1 is 0.853 bits per heavy atom. The second kappa shape index (κ2) is 23.4. The van der Waals surface area contributed by atoms with Crippen LogP contribution in [0.5, 0.6) is 17.2 Å². The molecule has 1 fully saturated rings. The van der Waals surface area contributed by atoms with Crippen molar-refractivity contribution < 1.29 is 39.0 Å². The Kier molecular flexibility index (Phi) is 16.4. The minimum atomic E-state index is -1.53. The van der Waals surface area contributed by atoms with E-state index in [-0.39, 0.29) is 62.1 Å². The number of carbonyl (C=O) groups is 1. The van der Waals surface area contributed by atoms with E-state index in [2.05, 4.69) is 61.2 Å². The summed E-state index contributed by atoms with van der Waals surface area (Å²) < 4.78 is 21.6. The summed E-state index contributed by atoms with van der Waals surface area (Å²) >= 11 is 0. The van der Waals surface area contributed by atoms with Gasteiger partial charge in [-0.15, -0.1) is 6.58 Å². The van der Waals surface area contributed by atoms with E-state index in [1.54, 1.807) is 24.3 Å². The van der Waals surface area contributed by atoms with Crippen LogP contribution in [0.2, 0.25) is 0 Å². The minimum Gasteiger partial charge on any atom is -0.459 e. The molecule has 75 heavy (non-hydrogen) atoms. The molecular weight excluding hydrogens is 943 g/mol. The van der Waals surface area contributed by atoms with Gasteiger partial charge in [-0.25, -0.2) is 0 Å². The van der Waals surface area contributed by atoms with Gasteiger partial charge in [0, 0.05) is 55.9 Å². The van der Waals surface area contributed by atoms with E-state index in [0.717, 1.165) is 64.3 Å². The van der Waals surface area contributed by atoms with Crippen LogP contribution >= 0.6 is 0 Å². The quantitative estimate of drug-likeness (QED) is 0.0236. The van der Waals surface area contributed by atoms with Crippen molar-refractivity contribution in [2.45, 2.75) is 95.6 Å². The third-order valence-corrected chi connectivity index (χ3v) is 14.7. The highest BCUT2D eigenvalue weighted by Crippen LogP contribution is 2.62. The van der Waals surface area contributed by atoms with Crippen molar-refractivity contribution in [1.82, 2.24) is 4.90 Å². The molecule has 0 aromatic heterocycles. The second-order valence-electron chi connectivity index (χ2n) is 20.8. The summed E-state index contributed by atoms with van der Waals surface area (Å²) in [4.78, 5) is 34.9. The summed E-state index contributed by atoms with van der Waals surface area (Å²) in [6.45, 7) is 10.4. The Labute approximate surface area is 439 Å². The predicted octanol–water partition coefficient (Wildman–Crippen LogP) is 13.4. The van der Waals surface area contributed by atoms with Gasteiger partial charge in [0.25, 0.3) is 5.69 Å². The number of amides is 1. The van der Waals surface area contributed by atoms with E-state index in [1.807, 2.05) is 92.4 Å². The number of nitro groups is 1. The Hall–Kier alpha value is -7.38. The normalized spacial score (nSPS) is 21.4. The zero-order valence-corrected chi connectivity index (χ0v) is 43.1. The molecule has 0 bridgehead atoms. The third kappa shape index (κ3) is 11.8. The fourth-order valence-corrected chi connectivity index (χ4v) is 11.3. The maximum Gasteiger partial charge on any atom is 0.269 e. The number of nitro benzene ring substituents is 1. The molecule has 1 heterocycles. The Balaban J connectivity index is 1.24. The standard InChI is InChI=1S/C63H67N3O9/c1-5-38-72-63-58(65(42-48-21-15-20-46-18-9-10-22-52(46)48)59(69)35-26-43-24-29-49(30-25-43)66(70)71)41-56(64-75-62(2,3)4)54-39-47(19-11-13-36-67)53(23-12-14-37-68)60(61(54)63)55-40-51(33-34-57(55)74-63)73-50-31-27-45(28-32-50)44-16-7-6-8-17-44/h5-10,15-18,20-22,24-35,39-40,47,53,58,60-61,67-68H,1,11-14,19,23,36-38,41-42H2,2-4H3. The van der Waals surface area contributed by atoms with Gasteiger partial charge in [0.2, 0.25) is 11.7 Å². The Morgan fingerprint density at radius 2 is 1.55 bits per heavy atom. The average molecular weight is 1010 g/mol. The molecule has 3 aliphatic rings. The first-order valence-electron chi connectivity index (χ1n) is 26.2. The number of oxime groups is 1. The summed E-state index contributed by atoms with van der Waals surface area (Å²) in [6.07, 6.45) is 11.8. The number of hydrogen-bond acceptors (Lipinski definition) is 10. The lowest BCUT2D eigenvalue weighted by Gasteiger charge is -2.60. The molecule has 6 atom stereocenters. The molecule has 0 saturated heterocycles. The maximum atomic E-state index is 15.5. The zero-order valence-electron chi connectivity index (χ0n) is 43.1. The van der Waals surface area contributed by atoms with Crippen molar-refractivity contribution in [3.8, 4) is 28.4 Å². The lowest BCUT2D eigenvalue weighted by atomic mass is 9.55. The van der Waals surface area contributed by atoms with Crippen LogP contribution in [0.15, 0.2) is 175 Å². The lowest BCUT2D eigenvalue weighted by molar-refractivity contribution is -0.384. The molecular formula is C63H67N3O9. The van der Waals surface area contributed by atoms with Gasteiger partial charge in [-0.05, 0) is 145 Å². The zero-order chi connectivity index (χ0) is 52.5. The molecule has 1 aliphatic heterocycles. The first-order chi connectivity index (χ1) is 36.4. The van der Waals surface area contributed by atoms with Crippen LogP contribution in [0.25, 0.3) is 28.0 Å². The molecule has 6 aromatic carbocycles. The van der Waals surface area contributed by atoms with Gasteiger partial charge in [-0.1, -0.05) is 115 Å². The minimum absolute atomic E-state index is 0.00783. The van der Waals surface area contributed by atoms with Crippen LogP contribution < -0.4 is 9.47 Å². The number of carbonyl (C=O) groups excluding carboxylic acids is 1. The molecule has 12 heteroatoms. The lowest BCUT2D eigenvalue weighted by Crippen LogP contribution is -2.70. The SMILES string of the molecule is C=CCOC12Oc3ccc(Oc4ccc(-c5ccccc5)cc4)cc3C3C(CCCCO)C(CCCCO)C=C(C(=NOC(C)(C)C)CC1N(Cc1cccc4ccccc14)C(=O)C=Cc1ccc([N+](=O)[O-])cc1)C32. The van der Waals surface area contributed by atoms with Gasteiger partial charge in [0.15, 0.2) is 0 Å². The highest BCUT2D eigenvalue weighted by molar-refractivity contribution is 6.03. The largest absolute Gasteiger partial charge is 0.459 e. The monoisotopic (exact) mass is 1010 g/mol. The molecule has 0 spiro atoms. The van der Waals surface area contributed by atoms with Gasteiger partial charge in [0.1, 0.15) is 28.9 Å². The summed E-state index contributed by atoms with van der Waals surface area (Å²) in [6, 6.07) is 43.7. The summed E-state index contributed by atoms with van der Waals surface area (Å²) in [5.74, 6) is -0.767. The number of hydrogen-bond donors (Lipinski definition) is 2. The van der Waals surface area contributed by atoms with Gasteiger partial charge in [0.05, 0.1) is 23.2 Å². The Morgan fingerprint density at radius 3 is 2.27 bits per heavy atom. The fourth-order valence-electron chi connectivity index (χ4n) is 11.3. The molecule has 1 amide bonds. The number of rotatable bonds is 21. The van der Waals surface area contributed by atoms with Gasteiger partial charge >= 0.3 is 0 Å². The van der Waals surface area contributed by atoms with E-state index < -0.39 is 28.3 Å². The van der Waals surface area contributed by atoms with Crippen molar-refractivity contribution >= 4 is 34.2 Å². The van der Waals surface area contributed by atoms with Crippen LogP contribution in [0.4, 0.5) is 5.69 Å². The van der Waals surface area contributed by atoms with Crippen LogP contribution in [-0.2, 0) is 20.9 Å². The summed E-state index contributed by atoms with van der Waals surface area (Å²) in [5, 5.41) is 38.9. The number of allylic oxidation sites excluding steroid dienone is 1. The number of nitrogens with zero attached hydrogens (tertiary/aromatic N) is 3. The third-order valence-electron chi connectivity index (χ3n) is 14.7. The van der Waals surface area contributed by atoms with Gasteiger partial charge in [-0.3, -0.25) is 14.9 Å². The fraction of sp³-hybridized carbons (Fsp3) is 0.333. The number of aliphatic hydroxyl groups is 2. The molecule has 6 aromatic rings. The molecule has 2 N–H and O–H groups in total. The molecule has 388 valence electrons. The van der Waals surface area contributed by atoms with Crippen molar-refractivity contribution in [1.29, 1.82) is 0 Å². The van der Waals surface area contributed by atoms with E-state index in [4.69, 9.17) is 24.2 Å².